The molecule has 2 nitrogen and oxygen atoms in total. The molecule has 2 aliphatic rings. The molecule has 3 atom stereocenters. The van der Waals surface area contributed by atoms with Gasteiger partial charge in [0.05, 0.1) is 0 Å². The molecule has 0 aromatic heterocycles. The third-order valence-corrected chi connectivity index (χ3v) is 3.10. The Balaban J connectivity index is 1.79. The van der Waals surface area contributed by atoms with Crippen LogP contribution in [0.1, 0.15) is 19.8 Å². The minimum absolute atomic E-state index is 0.783. The first-order chi connectivity index (χ1) is 5.25. The molecular weight excluding hydrogens is 136 g/mol. The number of nitrogens with zero attached hydrogens (tertiary/aromatic N) is 1. The molecule has 2 heteroatoms. The summed E-state index contributed by atoms with van der Waals surface area (Å²) >= 11 is 0. The monoisotopic (exact) mass is 154 g/mol. The summed E-state index contributed by atoms with van der Waals surface area (Å²) in [5, 5.41) is 3.58. The van der Waals surface area contributed by atoms with Crippen LogP contribution in [0.2, 0.25) is 0 Å². The van der Waals surface area contributed by atoms with Crippen LogP contribution in [0.5, 0.6) is 0 Å². The zero-order valence-corrected chi connectivity index (χ0v) is 7.51. The van der Waals surface area contributed by atoms with Crippen molar-refractivity contribution in [2.45, 2.75) is 31.8 Å². The first-order valence-corrected chi connectivity index (χ1v) is 4.70. The van der Waals surface area contributed by atoms with Crippen LogP contribution < -0.4 is 5.32 Å². The summed E-state index contributed by atoms with van der Waals surface area (Å²) in [6.45, 7) is 4.89. The molecule has 11 heavy (non-hydrogen) atoms. The van der Waals surface area contributed by atoms with Gasteiger partial charge in [0.1, 0.15) is 0 Å². The second-order valence-corrected chi connectivity index (χ2v) is 4.22. The van der Waals surface area contributed by atoms with Crippen LogP contribution in [0.4, 0.5) is 0 Å². The standard InChI is InChI=1S/C9H18N2/c1-7-5-9(10-7)8-3-4-11(2)6-8/h7-10H,3-6H2,1-2H3. The molecule has 0 radical (unpaired) electrons. The van der Waals surface area contributed by atoms with Crippen molar-refractivity contribution in [1.29, 1.82) is 0 Å². The number of hydrogen-bond acceptors (Lipinski definition) is 2. The molecule has 0 spiro atoms. The van der Waals surface area contributed by atoms with Gasteiger partial charge in [0.2, 0.25) is 0 Å². The van der Waals surface area contributed by atoms with E-state index in [-0.39, 0.29) is 0 Å². The van der Waals surface area contributed by atoms with Gasteiger partial charge in [-0.3, -0.25) is 0 Å². The van der Waals surface area contributed by atoms with Crippen LogP contribution in [-0.4, -0.2) is 37.1 Å². The number of nitrogens with one attached hydrogen (secondary N) is 1. The second-order valence-electron chi connectivity index (χ2n) is 4.22. The number of hydrogen-bond donors (Lipinski definition) is 1. The maximum atomic E-state index is 3.58. The Labute approximate surface area is 69.0 Å². The number of likely N-dealkylation sites (tertiary alicyclic amines) is 1. The molecular formula is C9H18N2. The van der Waals surface area contributed by atoms with Gasteiger partial charge in [-0.15, -0.1) is 0 Å². The summed E-state index contributed by atoms with van der Waals surface area (Å²) in [7, 11) is 2.22. The summed E-state index contributed by atoms with van der Waals surface area (Å²) in [5.74, 6) is 0.941. The lowest BCUT2D eigenvalue weighted by Crippen LogP contribution is -2.54. The average molecular weight is 154 g/mol. The lowest BCUT2D eigenvalue weighted by atomic mass is 9.86. The van der Waals surface area contributed by atoms with Crippen molar-refractivity contribution in [3.8, 4) is 0 Å². The van der Waals surface area contributed by atoms with E-state index in [0.29, 0.717) is 0 Å². The van der Waals surface area contributed by atoms with Gasteiger partial charge in [-0.2, -0.15) is 0 Å². The SMILES string of the molecule is CC1CC(C2CCN(C)C2)N1. The van der Waals surface area contributed by atoms with Crippen molar-refractivity contribution >= 4 is 0 Å². The first-order valence-electron chi connectivity index (χ1n) is 4.70. The van der Waals surface area contributed by atoms with E-state index in [1.807, 2.05) is 0 Å². The minimum Gasteiger partial charge on any atom is -0.311 e. The van der Waals surface area contributed by atoms with Crippen LogP contribution in [0.3, 0.4) is 0 Å². The van der Waals surface area contributed by atoms with Gasteiger partial charge in [-0.1, -0.05) is 0 Å². The van der Waals surface area contributed by atoms with E-state index in [4.69, 9.17) is 0 Å². The van der Waals surface area contributed by atoms with Crippen LogP contribution in [-0.2, 0) is 0 Å². The fraction of sp³-hybridized carbons (Fsp3) is 1.00. The highest BCUT2D eigenvalue weighted by Crippen LogP contribution is 2.26. The van der Waals surface area contributed by atoms with Crippen molar-refractivity contribution in [2.24, 2.45) is 5.92 Å². The van der Waals surface area contributed by atoms with Gasteiger partial charge >= 0.3 is 0 Å². The van der Waals surface area contributed by atoms with E-state index in [1.54, 1.807) is 0 Å². The molecule has 2 rings (SSSR count). The lowest BCUT2D eigenvalue weighted by molar-refractivity contribution is 0.203. The Morgan fingerprint density at radius 1 is 1.45 bits per heavy atom. The van der Waals surface area contributed by atoms with E-state index in [1.165, 1.54) is 25.9 Å². The van der Waals surface area contributed by atoms with Gasteiger partial charge in [0.15, 0.2) is 0 Å². The van der Waals surface area contributed by atoms with Gasteiger partial charge in [0, 0.05) is 18.6 Å². The molecule has 0 amide bonds. The largest absolute Gasteiger partial charge is 0.311 e. The van der Waals surface area contributed by atoms with Gasteiger partial charge in [0.25, 0.3) is 0 Å². The zero-order valence-electron chi connectivity index (χ0n) is 7.51. The highest BCUT2D eigenvalue weighted by molar-refractivity contribution is 4.93. The molecule has 2 aliphatic heterocycles. The summed E-state index contributed by atoms with van der Waals surface area (Å²) < 4.78 is 0. The molecule has 64 valence electrons. The predicted octanol–water partition coefficient (Wildman–Crippen LogP) is 0.688. The molecule has 2 fully saturated rings. The lowest BCUT2D eigenvalue weighted by Gasteiger charge is -2.39. The smallest absolute Gasteiger partial charge is 0.0125 e. The fourth-order valence-corrected chi connectivity index (χ4v) is 2.35. The molecule has 2 heterocycles. The molecule has 0 aromatic carbocycles. The Hall–Kier alpha value is -0.0800. The maximum absolute atomic E-state index is 3.58. The van der Waals surface area contributed by atoms with Crippen LogP contribution in [0.25, 0.3) is 0 Å². The number of rotatable bonds is 1. The molecule has 0 aromatic rings. The Morgan fingerprint density at radius 2 is 2.18 bits per heavy atom. The molecule has 2 saturated heterocycles. The molecule has 0 bridgehead atoms. The maximum Gasteiger partial charge on any atom is 0.0125 e. The van der Waals surface area contributed by atoms with Crippen LogP contribution in [0, 0.1) is 5.92 Å². The first kappa shape index (κ1) is 7.56. The van der Waals surface area contributed by atoms with E-state index in [9.17, 15) is 0 Å². The predicted molar refractivity (Wildman–Crippen MR) is 46.6 cm³/mol. The molecule has 0 saturated carbocycles. The molecule has 0 aliphatic carbocycles. The van der Waals surface area contributed by atoms with Crippen LogP contribution >= 0.6 is 0 Å². The zero-order chi connectivity index (χ0) is 7.84. The van der Waals surface area contributed by atoms with Gasteiger partial charge < -0.3 is 10.2 Å². The van der Waals surface area contributed by atoms with E-state index >= 15 is 0 Å². The molecule has 1 N–H and O–H groups in total. The average Bonchev–Trinajstić information content (AvgIpc) is 2.29. The topological polar surface area (TPSA) is 15.3 Å². The summed E-state index contributed by atoms with van der Waals surface area (Å²) in [5.41, 5.74) is 0. The molecule has 3 unspecified atom stereocenters. The van der Waals surface area contributed by atoms with Crippen molar-refractivity contribution in [1.82, 2.24) is 10.2 Å². The normalized spacial score (nSPS) is 45.8. The third-order valence-electron chi connectivity index (χ3n) is 3.10. The highest BCUT2D eigenvalue weighted by atomic mass is 15.1. The fourth-order valence-electron chi connectivity index (χ4n) is 2.35. The van der Waals surface area contributed by atoms with Crippen molar-refractivity contribution in [3.63, 3.8) is 0 Å². The van der Waals surface area contributed by atoms with E-state index in [2.05, 4.69) is 24.2 Å². The Kier molecular flexibility index (Phi) is 1.90. The summed E-state index contributed by atoms with van der Waals surface area (Å²) in [4.78, 5) is 2.44. The van der Waals surface area contributed by atoms with Gasteiger partial charge in [-0.05, 0) is 39.3 Å². The second kappa shape index (κ2) is 2.76. The van der Waals surface area contributed by atoms with E-state index < -0.39 is 0 Å². The Morgan fingerprint density at radius 3 is 2.64 bits per heavy atom. The van der Waals surface area contributed by atoms with Crippen LogP contribution in [0.15, 0.2) is 0 Å². The summed E-state index contributed by atoms with van der Waals surface area (Å²) in [6, 6.07) is 1.63. The minimum atomic E-state index is 0.783. The van der Waals surface area contributed by atoms with Gasteiger partial charge in [-0.25, -0.2) is 0 Å². The van der Waals surface area contributed by atoms with Crippen molar-refractivity contribution in [3.05, 3.63) is 0 Å². The highest BCUT2D eigenvalue weighted by Gasteiger charge is 2.34. The van der Waals surface area contributed by atoms with Crippen molar-refractivity contribution < 1.29 is 0 Å². The quantitative estimate of drug-likeness (QED) is 0.598. The Bertz CT molecular complexity index is 140. The third kappa shape index (κ3) is 1.42. The van der Waals surface area contributed by atoms with Crippen molar-refractivity contribution in [2.75, 3.05) is 20.1 Å². The van der Waals surface area contributed by atoms with E-state index in [0.717, 1.165) is 18.0 Å². The summed E-state index contributed by atoms with van der Waals surface area (Å²) in [6.07, 6.45) is 2.80.